The molecule has 0 bridgehead atoms. The summed E-state index contributed by atoms with van der Waals surface area (Å²) in [4.78, 5) is 0. The summed E-state index contributed by atoms with van der Waals surface area (Å²) in [7, 11) is 0. The minimum Gasteiger partial charge on any atom is -0.370 e. The van der Waals surface area contributed by atoms with E-state index in [-0.39, 0.29) is 0 Å². The van der Waals surface area contributed by atoms with Gasteiger partial charge in [0.1, 0.15) is 0 Å². The fourth-order valence-corrected chi connectivity index (χ4v) is 3.40. The summed E-state index contributed by atoms with van der Waals surface area (Å²) in [6.45, 7) is 2.28. The van der Waals surface area contributed by atoms with Crippen molar-refractivity contribution in [2.24, 2.45) is 5.92 Å². The zero-order valence-corrected chi connectivity index (χ0v) is 12.1. The third kappa shape index (κ3) is 4.42. The van der Waals surface area contributed by atoms with Crippen molar-refractivity contribution in [2.45, 2.75) is 89.8 Å². The predicted molar refractivity (Wildman–Crippen MR) is 77.8 cm³/mol. The first-order valence-corrected chi connectivity index (χ1v) is 8.22. The van der Waals surface area contributed by atoms with Crippen molar-refractivity contribution in [3.63, 3.8) is 0 Å². The van der Waals surface area contributed by atoms with E-state index in [0.717, 1.165) is 12.3 Å². The molecule has 0 spiro atoms. The lowest BCUT2D eigenvalue weighted by atomic mass is 9.84. The van der Waals surface area contributed by atoms with Crippen molar-refractivity contribution in [3.8, 4) is 0 Å². The maximum absolute atomic E-state index is 6.32. The van der Waals surface area contributed by atoms with E-state index >= 15 is 0 Å². The van der Waals surface area contributed by atoms with E-state index in [4.69, 9.17) is 4.74 Å². The van der Waals surface area contributed by atoms with Crippen LogP contribution in [0.25, 0.3) is 0 Å². The van der Waals surface area contributed by atoms with E-state index in [1.165, 1.54) is 64.2 Å². The molecule has 1 heterocycles. The van der Waals surface area contributed by atoms with Gasteiger partial charge >= 0.3 is 0 Å². The van der Waals surface area contributed by atoms with Crippen LogP contribution in [0.15, 0.2) is 12.2 Å². The zero-order valence-electron chi connectivity index (χ0n) is 12.1. The molecule has 1 nitrogen and oxygen atoms in total. The summed E-state index contributed by atoms with van der Waals surface area (Å²) in [6.07, 6.45) is 20.6. The van der Waals surface area contributed by atoms with Gasteiger partial charge in [0.15, 0.2) is 0 Å². The molecule has 104 valence electrons. The Hall–Kier alpha value is -0.300. The standard InChI is InChI=1S/C17H30O/c1-2-3-4-8-12-16-13-9-14-17(18-16)15-10-6-5-7-11-15/h9,14-17H,2-8,10-13H2,1H3/t16-,17-/m0/s1. The highest BCUT2D eigenvalue weighted by atomic mass is 16.5. The summed E-state index contributed by atoms with van der Waals surface area (Å²) in [5.41, 5.74) is 0. The smallest absolute Gasteiger partial charge is 0.0787 e. The maximum atomic E-state index is 6.32. The SMILES string of the molecule is CCCCCC[C@H]1CC=C[C@@H](C2CCCCC2)O1. The Morgan fingerprint density at radius 3 is 2.67 bits per heavy atom. The molecule has 1 saturated carbocycles. The first-order chi connectivity index (χ1) is 8.90. The van der Waals surface area contributed by atoms with Crippen LogP contribution in [-0.2, 0) is 4.74 Å². The summed E-state index contributed by atoms with van der Waals surface area (Å²) >= 11 is 0. The predicted octanol–water partition coefficient (Wildman–Crippen LogP) is 5.25. The van der Waals surface area contributed by atoms with Gasteiger partial charge in [0.2, 0.25) is 0 Å². The molecule has 2 atom stereocenters. The normalized spacial score (nSPS) is 29.6. The molecule has 0 unspecified atom stereocenters. The minimum absolute atomic E-state index is 0.440. The molecule has 0 aromatic rings. The molecule has 2 rings (SSSR count). The Bertz CT molecular complexity index is 240. The quantitative estimate of drug-likeness (QED) is 0.462. The summed E-state index contributed by atoms with van der Waals surface area (Å²) in [5, 5.41) is 0. The lowest BCUT2D eigenvalue weighted by molar-refractivity contribution is -0.0354. The van der Waals surface area contributed by atoms with Gasteiger partial charge in [0, 0.05) is 0 Å². The Balaban J connectivity index is 1.70. The largest absolute Gasteiger partial charge is 0.370 e. The van der Waals surface area contributed by atoms with Crippen LogP contribution in [-0.4, -0.2) is 12.2 Å². The number of rotatable bonds is 6. The molecule has 1 heteroatoms. The van der Waals surface area contributed by atoms with Gasteiger partial charge < -0.3 is 4.74 Å². The second-order valence-corrected chi connectivity index (χ2v) is 6.13. The molecular weight excluding hydrogens is 220 g/mol. The second-order valence-electron chi connectivity index (χ2n) is 6.13. The highest BCUT2D eigenvalue weighted by Crippen LogP contribution is 2.32. The number of hydrogen-bond acceptors (Lipinski definition) is 1. The molecule has 0 aromatic heterocycles. The second kappa shape index (κ2) is 7.99. The topological polar surface area (TPSA) is 9.23 Å². The molecule has 1 aliphatic heterocycles. The molecule has 0 amide bonds. The third-order valence-electron chi connectivity index (χ3n) is 4.57. The molecule has 1 fully saturated rings. The van der Waals surface area contributed by atoms with E-state index in [9.17, 15) is 0 Å². The van der Waals surface area contributed by atoms with E-state index in [2.05, 4.69) is 19.1 Å². The van der Waals surface area contributed by atoms with Gasteiger partial charge in [-0.15, -0.1) is 0 Å². The first-order valence-electron chi connectivity index (χ1n) is 8.22. The monoisotopic (exact) mass is 250 g/mol. The van der Waals surface area contributed by atoms with Crippen LogP contribution in [0.3, 0.4) is 0 Å². The highest BCUT2D eigenvalue weighted by Gasteiger charge is 2.26. The van der Waals surface area contributed by atoms with Gasteiger partial charge in [-0.3, -0.25) is 0 Å². The van der Waals surface area contributed by atoms with Crippen LogP contribution >= 0.6 is 0 Å². The van der Waals surface area contributed by atoms with Crippen LogP contribution in [0, 0.1) is 5.92 Å². The molecule has 1 aliphatic carbocycles. The van der Waals surface area contributed by atoms with E-state index in [1.807, 2.05) is 0 Å². The molecule has 0 saturated heterocycles. The zero-order chi connectivity index (χ0) is 12.6. The van der Waals surface area contributed by atoms with Gasteiger partial charge in [-0.2, -0.15) is 0 Å². The Morgan fingerprint density at radius 2 is 1.89 bits per heavy atom. The Labute approximate surface area is 113 Å². The summed E-state index contributed by atoms with van der Waals surface area (Å²) in [6, 6.07) is 0. The van der Waals surface area contributed by atoms with Crippen molar-refractivity contribution in [1.29, 1.82) is 0 Å². The van der Waals surface area contributed by atoms with Gasteiger partial charge in [0.25, 0.3) is 0 Å². The lowest BCUT2D eigenvalue weighted by Crippen LogP contribution is -2.31. The van der Waals surface area contributed by atoms with Crippen molar-refractivity contribution < 1.29 is 4.74 Å². The highest BCUT2D eigenvalue weighted by molar-refractivity contribution is 4.99. The molecule has 0 radical (unpaired) electrons. The van der Waals surface area contributed by atoms with Gasteiger partial charge in [-0.25, -0.2) is 0 Å². The van der Waals surface area contributed by atoms with Crippen molar-refractivity contribution >= 4 is 0 Å². The fraction of sp³-hybridized carbons (Fsp3) is 0.882. The molecule has 0 aromatic carbocycles. The number of ether oxygens (including phenoxy) is 1. The van der Waals surface area contributed by atoms with Crippen LogP contribution < -0.4 is 0 Å². The molecular formula is C17H30O. The molecule has 18 heavy (non-hydrogen) atoms. The molecule has 0 N–H and O–H groups in total. The van der Waals surface area contributed by atoms with Crippen LogP contribution in [0.1, 0.15) is 77.6 Å². The minimum atomic E-state index is 0.440. The first kappa shape index (κ1) is 14.1. The number of hydrogen-bond donors (Lipinski definition) is 0. The van der Waals surface area contributed by atoms with E-state index < -0.39 is 0 Å². The van der Waals surface area contributed by atoms with Crippen LogP contribution in [0.2, 0.25) is 0 Å². The van der Waals surface area contributed by atoms with Gasteiger partial charge in [0.05, 0.1) is 12.2 Å². The Kier molecular flexibility index (Phi) is 6.26. The van der Waals surface area contributed by atoms with Gasteiger partial charge in [-0.1, -0.05) is 64.0 Å². The lowest BCUT2D eigenvalue weighted by Gasteiger charge is -2.33. The summed E-state index contributed by atoms with van der Waals surface area (Å²) in [5.74, 6) is 0.813. The average molecular weight is 250 g/mol. The van der Waals surface area contributed by atoms with Crippen LogP contribution in [0.4, 0.5) is 0 Å². The van der Waals surface area contributed by atoms with Crippen molar-refractivity contribution in [3.05, 3.63) is 12.2 Å². The van der Waals surface area contributed by atoms with Crippen molar-refractivity contribution in [2.75, 3.05) is 0 Å². The summed E-state index contributed by atoms with van der Waals surface area (Å²) < 4.78 is 6.32. The molecule has 2 aliphatic rings. The maximum Gasteiger partial charge on any atom is 0.0787 e. The van der Waals surface area contributed by atoms with Crippen molar-refractivity contribution in [1.82, 2.24) is 0 Å². The average Bonchev–Trinajstić information content (AvgIpc) is 2.45. The fourth-order valence-electron chi connectivity index (χ4n) is 3.40. The van der Waals surface area contributed by atoms with E-state index in [0.29, 0.717) is 12.2 Å². The number of unbranched alkanes of at least 4 members (excludes halogenated alkanes) is 3. The van der Waals surface area contributed by atoms with E-state index in [1.54, 1.807) is 0 Å². The Morgan fingerprint density at radius 1 is 1.06 bits per heavy atom. The third-order valence-corrected chi connectivity index (χ3v) is 4.57. The van der Waals surface area contributed by atoms with Gasteiger partial charge in [-0.05, 0) is 31.6 Å². The van der Waals surface area contributed by atoms with Crippen LogP contribution in [0.5, 0.6) is 0 Å².